The average molecular weight is 360 g/mol. The second kappa shape index (κ2) is 9.47. The van der Waals surface area contributed by atoms with Crippen LogP contribution in [0.15, 0.2) is 42.5 Å². The molecule has 4 heteroatoms. The van der Waals surface area contributed by atoms with E-state index in [0.29, 0.717) is 13.0 Å². The Kier molecular flexibility index (Phi) is 7.32. The first-order valence-corrected chi connectivity index (χ1v) is 9.14. The van der Waals surface area contributed by atoms with Gasteiger partial charge in [0.25, 0.3) is 5.91 Å². The molecule has 0 aliphatic carbocycles. The zero-order chi connectivity index (χ0) is 18.2. The van der Waals surface area contributed by atoms with Crippen molar-refractivity contribution >= 4 is 17.5 Å². The van der Waals surface area contributed by atoms with Crippen LogP contribution in [0.2, 0.25) is 5.02 Å². The number of hydrogen-bond acceptors (Lipinski definition) is 2. The molecule has 0 radical (unpaired) electrons. The van der Waals surface area contributed by atoms with Crippen LogP contribution in [0.3, 0.4) is 0 Å². The van der Waals surface area contributed by atoms with Gasteiger partial charge < -0.3 is 10.1 Å². The Hall–Kier alpha value is -2.00. The lowest BCUT2D eigenvalue weighted by molar-refractivity contribution is -0.128. The molecule has 2 rings (SSSR count). The smallest absolute Gasteiger partial charge is 0.261 e. The lowest BCUT2D eigenvalue weighted by atomic mass is 10.1. The maximum absolute atomic E-state index is 12.4. The average Bonchev–Trinajstić information content (AvgIpc) is 2.61. The van der Waals surface area contributed by atoms with Gasteiger partial charge in [0, 0.05) is 11.6 Å². The van der Waals surface area contributed by atoms with Crippen LogP contribution in [0.1, 0.15) is 36.5 Å². The van der Waals surface area contributed by atoms with Crippen LogP contribution in [0.4, 0.5) is 0 Å². The largest absolute Gasteiger partial charge is 0.480 e. The van der Waals surface area contributed by atoms with Gasteiger partial charge in [-0.25, -0.2) is 0 Å². The molecule has 0 bridgehead atoms. The van der Waals surface area contributed by atoms with Crippen molar-refractivity contribution in [2.75, 3.05) is 6.54 Å². The molecule has 3 nitrogen and oxygen atoms in total. The van der Waals surface area contributed by atoms with Gasteiger partial charge in [0.05, 0.1) is 0 Å². The number of carbonyl (C=O) groups is 1. The van der Waals surface area contributed by atoms with E-state index in [1.165, 1.54) is 5.56 Å². The Labute approximate surface area is 155 Å². The molecule has 0 aromatic heterocycles. The summed E-state index contributed by atoms with van der Waals surface area (Å²) < 4.78 is 5.94. The second-order valence-corrected chi connectivity index (χ2v) is 6.67. The summed E-state index contributed by atoms with van der Waals surface area (Å²) in [7, 11) is 0. The highest BCUT2D eigenvalue weighted by molar-refractivity contribution is 6.30. The van der Waals surface area contributed by atoms with Crippen LogP contribution in [-0.4, -0.2) is 18.6 Å². The van der Waals surface area contributed by atoms with Gasteiger partial charge in [-0.05, 0) is 68.0 Å². The summed E-state index contributed by atoms with van der Waals surface area (Å²) in [5, 5.41) is 3.72. The van der Waals surface area contributed by atoms with Gasteiger partial charge in [0.1, 0.15) is 5.75 Å². The molecule has 0 fully saturated rings. The van der Waals surface area contributed by atoms with Gasteiger partial charge in [-0.1, -0.05) is 42.8 Å². The Morgan fingerprint density at radius 2 is 1.88 bits per heavy atom. The van der Waals surface area contributed by atoms with Gasteiger partial charge in [-0.2, -0.15) is 0 Å². The Balaban J connectivity index is 1.81. The van der Waals surface area contributed by atoms with Gasteiger partial charge >= 0.3 is 0 Å². The Morgan fingerprint density at radius 3 is 2.56 bits per heavy atom. The van der Waals surface area contributed by atoms with E-state index in [0.717, 1.165) is 34.7 Å². The van der Waals surface area contributed by atoms with Crippen LogP contribution in [0.5, 0.6) is 5.75 Å². The van der Waals surface area contributed by atoms with Crippen molar-refractivity contribution in [3.63, 3.8) is 0 Å². The number of hydrogen-bond donors (Lipinski definition) is 1. The lowest BCUT2D eigenvalue weighted by Gasteiger charge is -2.19. The summed E-state index contributed by atoms with van der Waals surface area (Å²) in [6.45, 7) is 6.65. The number of carbonyl (C=O) groups excluding carboxylic acids is 1. The second-order valence-electron chi connectivity index (χ2n) is 6.23. The van der Waals surface area contributed by atoms with Crippen LogP contribution < -0.4 is 10.1 Å². The summed E-state index contributed by atoms with van der Waals surface area (Å²) in [5.74, 6) is 0.725. The molecular formula is C21H26ClNO2. The van der Waals surface area contributed by atoms with Crippen molar-refractivity contribution in [3.05, 3.63) is 64.2 Å². The number of ether oxygens (including phenoxy) is 1. The van der Waals surface area contributed by atoms with E-state index in [-0.39, 0.29) is 5.91 Å². The standard InChI is InChI=1S/C21H26ClNO2/c1-4-19(25-20-9-5-7-15(2)16(20)3)21(24)23-14-6-8-17-10-12-18(22)13-11-17/h5,7,9-13,19H,4,6,8,14H2,1-3H3,(H,23,24). The highest BCUT2D eigenvalue weighted by atomic mass is 35.5. The molecule has 0 saturated heterocycles. The van der Waals surface area contributed by atoms with E-state index in [1.807, 2.05) is 63.2 Å². The third-order valence-electron chi connectivity index (χ3n) is 4.34. The monoisotopic (exact) mass is 359 g/mol. The summed E-state index contributed by atoms with van der Waals surface area (Å²) >= 11 is 5.88. The van der Waals surface area contributed by atoms with E-state index in [4.69, 9.17) is 16.3 Å². The zero-order valence-electron chi connectivity index (χ0n) is 15.1. The van der Waals surface area contributed by atoms with E-state index in [2.05, 4.69) is 5.32 Å². The maximum atomic E-state index is 12.4. The molecule has 1 N–H and O–H groups in total. The zero-order valence-corrected chi connectivity index (χ0v) is 15.9. The number of aryl methyl sites for hydroxylation is 2. The number of nitrogens with one attached hydrogen (secondary N) is 1. The fraction of sp³-hybridized carbons (Fsp3) is 0.381. The molecule has 0 aliphatic rings. The molecule has 0 saturated carbocycles. The Bertz CT molecular complexity index is 698. The first-order chi connectivity index (χ1) is 12.0. The summed E-state index contributed by atoms with van der Waals surface area (Å²) in [6.07, 6.45) is 1.96. The molecule has 1 amide bonds. The molecule has 0 spiro atoms. The SMILES string of the molecule is CCC(Oc1cccc(C)c1C)C(=O)NCCCc1ccc(Cl)cc1. The van der Waals surface area contributed by atoms with Gasteiger partial charge in [-0.15, -0.1) is 0 Å². The quantitative estimate of drug-likeness (QED) is 0.683. The predicted octanol–water partition coefficient (Wildman–Crippen LogP) is 4.86. The van der Waals surface area contributed by atoms with Crippen LogP contribution in [-0.2, 0) is 11.2 Å². The van der Waals surface area contributed by atoms with E-state index in [9.17, 15) is 4.79 Å². The third kappa shape index (κ3) is 5.79. The number of rotatable bonds is 8. The van der Waals surface area contributed by atoms with Gasteiger partial charge in [0.2, 0.25) is 0 Å². The highest BCUT2D eigenvalue weighted by Gasteiger charge is 2.18. The van der Waals surface area contributed by atoms with Crippen molar-refractivity contribution in [1.29, 1.82) is 0 Å². The summed E-state index contributed by atoms with van der Waals surface area (Å²) in [5.41, 5.74) is 3.46. The molecule has 2 aromatic rings. The van der Waals surface area contributed by atoms with Crippen molar-refractivity contribution in [2.24, 2.45) is 0 Å². The summed E-state index contributed by atoms with van der Waals surface area (Å²) in [6, 6.07) is 13.7. The molecule has 0 aliphatic heterocycles. The summed E-state index contributed by atoms with van der Waals surface area (Å²) in [4.78, 5) is 12.4. The normalized spacial score (nSPS) is 11.8. The van der Waals surface area contributed by atoms with Crippen molar-refractivity contribution < 1.29 is 9.53 Å². The van der Waals surface area contributed by atoms with E-state index >= 15 is 0 Å². The van der Waals surface area contributed by atoms with Crippen LogP contribution in [0.25, 0.3) is 0 Å². The molecule has 2 aromatic carbocycles. The number of benzene rings is 2. The minimum Gasteiger partial charge on any atom is -0.480 e. The first-order valence-electron chi connectivity index (χ1n) is 8.76. The first kappa shape index (κ1) is 19.3. The lowest BCUT2D eigenvalue weighted by Crippen LogP contribution is -2.38. The Morgan fingerprint density at radius 1 is 1.16 bits per heavy atom. The fourth-order valence-electron chi connectivity index (χ4n) is 2.60. The molecule has 25 heavy (non-hydrogen) atoms. The molecule has 0 heterocycles. The van der Waals surface area contributed by atoms with Crippen molar-refractivity contribution in [3.8, 4) is 5.75 Å². The highest BCUT2D eigenvalue weighted by Crippen LogP contribution is 2.22. The molecular weight excluding hydrogens is 334 g/mol. The van der Waals surface area contributed by atoms with E-state index in [1.54, 1.807) is 0 Å². The number of amides is 1. The molecule has 1 atom stereocenters. The molecule has 1 unspecified atom stereocenters. The minimum atomic E-state index is -0.462. The van der Waals surface area contributed by atoms with Gasteiger partial charge in [0.15, 0.2) is 6.10 Å². The molecule has 134 valence electrons. The maximum Gasteiger partial charge on any atom is 0.261 e. The van der Waals surface area contributed by atoms with E-state index < -0.39 is 6.10 Å². The topological polar surface area (TPSA) is 38.3 Å². The fourth-order valence-corrected chi connectivity index (χ4v) is 2.72. The van der Waals surface area contributed by atoms with Gasteiger partial charge in [-0.3, -0.25) is 4.79 Å². The predicted molar refractivity (Wildman–Crippen MR) is 103 cm³/mol. The van der Waals surface area contributed by atoms with Crippen molar-refractivity contribution in [1.82, 2.24) is 5.32 Å². The third-order valence-corrected chi connectivity index (χ3v) is 4.59. The van der Waals surface area contributed by atoms with Crippen LogP contribution in [0, 0.1) is 13.8 Å². The van der Waals surface area contributed by atoms with Crippen LogP contribution >= 0.6 is 11.6 Å². The minimum absolute atomic E-state index is 0.0560. The van der Waals surface area contributed by atoms with Crippen molar-refractivity contribution in [2.45, 2.75) is 46.1 Å². The number of halogens is 1.